The molecule has 2 aromatic carbocycles. The van der Waals surface area contributed by atoms with E-state index in [4.69, 9.17) is 16.3 Å². The van der Waals surface area contributed by atoms with Gasteiger partial charge in [0, 0.05) is 16.9 Å². The Morgan fingerprint density at radius 1 is 1.11 bits per heavy atom. The predicted octanol–water partition coefficient (Wildman–Crippen LogP) is 5.62. The summed E-state index contributed by atoms with van der Waals surface area (Å²) in [6.45, 7) is 3.61. The Balaban J connectivity index is 1.64. The largest absolute Gasteiger partial charge is 0.481 e. The summed E-state index contributed by atoms with van der Waals surface area (Å²) < 4.78 is 5.78. The van der Waals surface area contributed by atoms with Crippen LogP contribution in [0.25, 0.3) is 12.2 Å². The van der Waals surface area contributed by atoms with E-state index in [-0.39, 0.29) is 5.91 Å². The number of halogens is 1. The molecule has 1 N–H and O–H groups in total. The van der Waals surface area contributed by atoms with Crippen LogP contribution in [0.5, 0.6) is 5.75 Å². The zero-order valence-electron chi connectivity index (χ0n) is 15.7. The van der Waals surface area contributed by atoms with Crippen molar-refractivity contribution in [2.75, 3.05) is 5.32 Å². The molecule has 1 heterocycles. The SMILES string of the molecule is Cc1cc(Cl)ccc1OC(C)C(=O)Nc1cccc(/C=C/c2ccccn2)c1. The minimum absolute atomic E-state index is 0.222. The van der Waals surface area contributed by atoms with E-state index in [0.29, 0.717) is 16.5 Å². The summed E-state index contributed by atoms with van der Waals surface area (Å²) in [5, 5.41) is 3.53. The molecule has 3 rings (SSSR count). The molecule has 5 heteroatoms. The van der Waals surface area contributed by atoms with Crippen LogP contribution in [0.2, 0.25) is 5.02 Å². The second kappa shape index (κ2) is 9.20. The van der Waals surface area contributed by atoms with E-state index in [0.717, 1.165) is 16.8 Å². The molecule has 0 radical (unpaired) electrons. The number of ether oxygens (including phenoxy) is 1. The summed E-state index contributed by atoms with van der Waals surface area (Å²) in [7, 11) is 0. The quantitative estimate of drug-likeness (QED) is 0.592. The molecule has 4 nitrogen and oxygen atoms in total. The average molecular weight is 393 g/mol. The van der Waals surface area contributed by atoms with Gasteiger partial charge < -0.3 is 10.1 Å². The highest BCUT2D eigenvalue weighted by Gasteiger charge is 2.16. The first kappa shape index (κ1) is 19.6. The lowest BCUT2D eigenvalue weighted by atomic mass is 10.1. The number of carbonyl (C=O) groups excluding carboxylic acids is 1. The molecule has 0 spiro atoms. The molecular formula is C23H21ClN2O2. The fourth-order valence-corrected chi connectivity index (χ4v) is 2.84. The van der Waals surface area contributed by atoms with Gasteiger partial charge in [0.05, 0.1) is 5.69 Å². The number of aromatic nitrogens is 1. The maximum absolute atomic E-state index is 12.5. The molecule has 3 aromatic rings. The normalized spacial score (nSPS) is 12.0. The topological polar surface area (TPSA) is 51.2 Å². The van der Waals surface area contributed by atoms with Gasteiger partial charge in [0.1, 0.15) is 5.75 Å². The molecule has 0 aliphatic rings. The molecular weight excluding hydrogens is 372 g/mol. The number of anilines is 1. The van der Waals surface area contributed by atoms with Crippen molar-refractivity contribution in [2.24, 2.45) is 0 Å². The number of nitrogens with one attached hydrogen (secondary N) is 1. The Morgan fingerprint density at radius 3 is 2.71 bits per heavy atom. The predicted molar refractivity (Wildman–Crippen MR) is 115 cm³/mol. The molecule has 28 heavy (non-hydrogen) atoms. The first-order valence-corrected chi connectivity index (χ1v) is 9.32. The zero-order chi connectivity index (χ0) is 19.9. The van der Waals surface area contributed by atoms with Gasteiger partial charge in [-0.25, -0.2) is 0 Å². The Bertz CT molecular complexity index is 987. The average Bonchev–Trinajstić information content (AvgIpc) is 2.69. The van der Waals surface area contributed by atoms with Crippen LogP contribution in [0.3, 0.4) is 0 Å². The first-order chi connectivity index (χ1) is 13.5. The standard InChI is InChI=1S/C23H21ClN2O2/c1-16-14-19(24)10-12-22(16)28-17(2)23(27)26-21-8-5-6-18(15-21)9-11-20-7-3-4-13-25-20/h3-15,17H,1-2H3,(H,26,27)/b11-9+. The summed E-state index contributed by atoms with van der Waals surface area (Å²) in [5.41, 5.74) is 3.42. The van der Waals surface area contributed by atoms with Crippen molar-refractivity contribution in [1.82, 2.24) is 4.98 Å². The van der Waals surface area contributed by atoms with Crippen LogP contribution in [0.1, 0.15) is 23.7 Å². The molecule has 1 atom stereocenters. The second-order valence-corrected chi connectivity index (χ2v) is 6.81. The van der Waals surface area contributed by atoms with Crippen molar-refractivity contribution in [3.8, 4) is 5.75 Å². The number of carbonyl (C=O) groups is 1. The maximum Gasteiger partial charge on any atom is 0.265 e. The molecule has 0 saturated carbocycles. The summed E-state index contributed by atoms with van der Waals surface area (Å²) in [5.74, 6) is 0.416. The highest BCUT2D eigenvalue weighted by atomic mass is 35.5. The van der Waals surface area contributed by atoms with Crippen molar-refractivity contribution in [3.63, 3.8) is 0 Å². The van der Waals surface area contributed by atoms with Gasteiger partial charge in [-0.2, -0.15) is 0 Å². The number of rotatable bonds is 6. The van der Waals surface area contributed by atoms with Crippen LogP contribution in [0.15, 0.2) is 66.9 Å². The lowest BCUT2D eigenvalue weighted by molar-refractivity contribution is -0.122. The van der Waals surface area contributed by atoms with Crippen molar-refractivity contribution in [1.29, 1.82) is 0 Å². The van der Waals surface area contributed by atoms with Crippen LogP contribution >= 0.6 is 11.6 Å². The van der Waals surface area contributed by atoms with E-state index in [1.807, 2.05) is 61.5 Å². The van der Waals surface area contributed by atoms with E-state index >= 15 is 0 Å². The number of benzene rings is 2. The fourth-order valence-electron chi connectivity index (χ4n) is 2.61. The lowest BCUT2D eigenvalue weighted by Gasteiger charge is -2.16. The van der Waals surface area contributed by atoms with Crippen LogP contribution in [-0.2, 0) is 4.79 Å². The summed E-state index contributed by atoms with van der Waals surface area (Å²) in [6, 6.07) is 18.7. The van der Waals surface area contributed by atoms with Gasteiger partial charge in [-0.15, -0.1) is 0 Å². The third-order valence-corrected chi connectivity index (χ3v) is 4.33. The Labute approximate surface area is 169 Å². The molecule has 1 amide bonds. The van der Waals surface area contributed by atoms with Gasteiger partial charge in [0.25, 0.3) is 5.91 Å². The Morgan fingerprint density at radius 2 is 1.96 bits per heavy atom. The highest BCUT2D eigenvalue weighted by molar-refractivity contribution is 6.30. The maximum atomic E-state index is 12.5. The number of hydrogen-bond acceptors (Lipinski definition) is 3. The summed E-state index contributed by atoms with van der Waals surface area (Å²) in [6.07, 6.45) is 4.98. The molecule has 1 unspecified atom stereocenters. The third-order valence-electron chi connectivity index (χ3n) is 4.10. The van der Waals surface area contributed by atoms with Gasteiger partial charge in [-0.05, 0) is 73.5 Å². The molecule has 0 saturated heterocycles. The van der Waals surface area contributed by atoms with Gasteiger partial charge in [0.2, 0.25) is 0 Å². The Kier molecular flexibility index (Phi) is 6.45. The van der Waals surface area contributed by atoms with Crippen LogP contribution in [-0.4, -0.2) is 17.0 Å². The number of nitrogens with zero attached hydrogens (tertiary/aromatic N) is 1. The molecule has 0 aliphatic carbocycles. The summed E-state index contributed by atoms with van der Waals surface area (Å²) >= 11 is 5.96. The van der Waals surface area contributed by atoms with E-state index in [1.165, 1.54) is 0 Å². The monoisotopic (exact) mass is 392 g/mol. The molecule has 0 bridgehead atoms. The Hall–Kier alpha value is -3.11. The van der Waals surface area contributed by atoms with E-state index in [9.17, 15) is 4.79 Å². The number of pyridine rings is 1. The van der Waals surface area contributed by atoms with Crippen molar-refractivity contribution in [2.45, 2.75) is 20.0 Å². The third kappa shape index (κ3) is 5.44. The van der Waals surface area contributed by atoms with Gasteiger partial charge in [-0.3, -0.25) is 9.78 Å². The van der Waals surface area contributed by atoms with Crippen LogP contribution < -0.4 is 10.1 Å². The smallest absolute Gasteiger partial charge is 0.265 e. The lowest BCUT2D eigenvalue weighted by Crippen LogP contribution is -2.30. The molecule has 0 aliphatic heterocycles. The number of amides is 1. The van der Waals surface area contributed by atoms with Gasteiger partial charge >= 0.3 is 0 Å². The minimum Gasteiger partial charge on any atom is -0.481 e. The van der Waals surface area contributed by atoms with Crippen molar-refractivity contribution in [3.05, 3.63) is 88.7 Å². The first-order valence-electron chi connectivity index (χ1n) is 8.94. The highest BCUT2D eigenvalue weighted by Crippen LogP contribution is 2.23. The van der Waals surface area contributed by atoms with E-state index in [1.54, 1.807) is 31.3 Å². The fraction of sp³-hybridized carbons (Fsp3) is 0.130. The van der Waals surface area contributed by atoms with E-state index in [2.05, 4.69) is 10.3 Å². The molecule has 0 fully saturated rings. The van der Waals surface area contributed by atoms with Crippen molar-refractivity contribution >= 4 is 35.3 Å². The number of aryl methyl sites for hydroxylation is 1. The van der Waals surface area contributed by atoms with Crippen molar-refractivity contribution < 1.29 is 9.53 Å². The van der Waals surface area contributed by atoms with Gasteiger partial charge in [-0.1, -0.05) is 35.9 Å². The molecule has 1 aromatic heterocycles. The minimum atomic E-state index is -0.646. The zero-order valence-corrected chi connectivity index (χ0v) is 16.5. The summed E-state index contributed by atoms with van der Waals surface area (Å²) in [4.78, 5) is 16.8. The van der Waals surface area contributed by atoms with Crippen LogP contribution in [0, 0.1) is 6.92 Å². The molecule has 142 valence electrons. The second-order valence-electron chi connectivity index (χ2n) is 6.37. The van der Waals surface area contributed by atoms with Gasteiger partial charge in [0.15, 0.2) is 6.10 Å². The van der Waals surface area contributed by atoms with Crippen LogP contribution in [0.4, 0.5) is 5.69 Å². The van der Waals surface area contributed by atoms with E-state index < -0.39 is 6.10 Å². The number of hydrogen-bond donors (Lipinski definition) is 1.